The maximum absolute atomic E-state index is 10.7. The molecule has 0 bridgehead atoms. The molecule has 1 aliphatic carbocycles. The minimum Gasteiger partial charge on any atom is -0.479 e. The average Bonchev–Trinajstić information content (AvgIpc) is 2.43. The summed E-state index contributed by atoms with van der Waals surface area (Å²) >= 11 is 0. The van der Waals surface area contributed by atoms with Crippen molar-refractivity contribution in [2.24, 2.45) is 11.8 Å². The first kappa shape index (κ1) is 12.5. The van der Waals surface area contributed by atoms with Crippen LogP contribution in [0.3, 0.4) is 0 Å². The molecule has 0 aromatic heterocycles. The molecule has 1 rings (SSSR count). The van der Waals surface area contributed by atoms with Crippen LogP contribution in [0.25, 0.3) is 0 Å². The lowest BCUT2D eigenvalue weighted by molar-refractivity contribution is -0.149. The second-order valence-electron chi connectivity index (χ2n) is 4.71. The van der Waals surface area contributed by atoms with E-state index < -0.39 is 12.1 Å². The summed E-state index contributed by atoms with van der Waals surface area (Å²) in [5, 5.41) is 18.2. The van der Waals surface area contributed by atoms with Crippen LogP contribution in [-0.4, -0.2) is 22.3 Å². The number of hydrogen-bond acceptors (Lipinski definition) is 2. The molecule has 1 fully saturated rings. The number of rotatable bonds is 4. The first-order valence-corrected chi connectivity index (χ1v) is 6.06. The molecule has 88 valence electrons. The Hall–Kier alpha value is -0.570. The first-order valence-electron chi connectivity index (χ1n) is 6.06. The van der Waals surface area contributed by atoms with Gasteiger partial charge in [0.05, 0.1) is 0 Å². The van der Waals surface area contributed by atoms with Crippen molar-refractivity contribution in [1.82, 2.24) is 0 Å². The molecule has 0 heterocycles. The van der Waals surface area contributed by atoms with Gasteiger partial charge in [-0.3, -0.25) is 0 Å². The maximum atomic E-state index is 10.7. The highest BCUT2D eigenvalue weighted by Crippen LogP contribution is 2.31. The third kappa shape index (κ3) is 3.82. The minimum atomic E-state index is -1.15. The van der Waals surface area contributed by atoms with Crippen molar-refractivity contribution in [3.63, 3.8) is 0 Å². The molecular weight excluding hydrogens is 192 g/mol. The van der Waals surface area contributed by atoms with Crippen LogP contribution in [0.15, 0.2) is 0 Å². The summed E-state index contributed by atoms with van der Waals surface area (Å²) < 4.78 is 0. The van der Waals surface area contributed by atoms with E-state index in [9.17, 15) is 9.90 Å². The van der Waals surface area contributed by atoms with E-state index in [-0.39, 0.29) is 5.92 Å². The summed E-state index contributed by atoms with van der Waals surface area (Å²) in [6, 6.07) is 0. The van der Waals surface area contributed by atoms with Crippen molar-refractivity contribution in [3.8, 4) is 0 Å². The van der Waals surface area contributed by atoms with Crippen LogP contribution in [0.2, 0.25) is 0 Å². The van der Waals surface area contributed by atoms with Crippen LogP contribution in [-0.2, 0) is 4.79 Å². The summed E-state index contributed by atoms with van der Waals surface area (Å²) in [6.07, 6.45) is 6.41. The molecule has 0 aromatic carbocycles. The number of aliphatic hydroxyl groups excluding tert-OH is 1. The summed E-state index contributed by atoms with van der Waals surface area (Å²) in [7, 11) is 0. The van der Waals surface area contributed by atoms with E-state index in [4.69, 9.17) is 5.11 Å². The van der Waals surface area contributed by atoms with Gasteiger partial charge in [-0.15, -0.1) is 0 Å². The number of carbonyl (C=O) groups is 1. The largest absolute Gasteiger partial charge is 0.479 e. The molecule has 0 radical (unpaired) electrons. The van der Waals surface area contributed by atoms with Gasteiger partial charge >= 0.3 is 5.97 Å². The number of carboxylic acid groups (broad SMARTS) is 1. The van der Waals surface area contributed by atoms with Gasteiger partial charge in [-0.25, -0.2) is 4.79 Å². The second kappa shape index (κ2) is 6.11. The van der Waals surface area contributed by atoms with E-state index in [1.54, 1.807) is 0 Å². The fraction of sp³-hybridized carbons (Fsp3) is 0.917. The molecule has 0 aliphatic heterocycles. The van der Waals surface area contributed by atoms with Crippen molar-refractivity contribution in [2.45, 2.75) is 58.0 Å². The van der Waals surface area contributed by atoms with Gasteiger partial charge in [-0.1, -0.05) is 39.0 Å². The number of aliphatic hydroxyl groups is 1. The van der Waals surface area contributed by atoms with Crippen LogP contribution in [0, 0.1) is 11.8 Å². The summed E-state index contributed by atoms with van der Waals surface area (Å²) in [6.45, 7) is 2.19. The van der Waals surface area contributed by atoms with E-state index in [0.717, 1.165) is 31.6 Å². The Balaban J connectivity index is 2.41. The lowest BCUT2D eigenvalue weighted by Gasteiger charge is -2.17. The van der Waals surface area contributed by atoms with Gasteiger partial charge < -0.3 is 10.2 Å². The Morgan fingerprint density at radius 3 is 2.67 bits per heavy atom. The highest BCUT2D eigenvalue weighted by Gasteiger charge is 2.28. The number of aliphatic carboxylic acids is 1. The highest BCUT2D eigenvalue weighted by molar-refractivity contribution is 5.72. The van der Waals surface area contributed by atoms with Gasteiger partial charge in [-0.05, 0) is 24.7 Å². The predicted molar refractivity (Wildman–Crippen MR) is 58.6 cm³/mol. The molecule has 3 heteroatoms. The Labute approximate surface area is 91.5 Å². The first-order chi connectivity index (χ1) is 7.15. The van der Waals surface area contributed by atoms with Crippen molar-refractivity contribution >= 4 is 5.97 Å². The lowest BCUT2D eigenvalue weighted by atomic mass is 9.92. The fourth-order valence-corrected chi connectivity index (χ4v) is 2.62. The molecule has 2 N–H and O–H groups in total. The topological polar surface area (TPSA) is 57.5 Å². The van der Waals surface area contributed by atoms with Crippen LogP contribution < -0.4 is 0 Å². The van der Waals surface area contributed by atoms with E-state index in [1.807, 2.05) is 0 Å². The van der Waals surface area contributed by atoms with Crippen LogP contribution in [0.4, 0.5) is 0 Å². The van der Waals surface area contributed by atoms with E-state index in [1.165, 1.54) is 19.3 Å². The molecular formula is C12H22O3. The summed E-state index contributed by atoms with van der Waals surface area (Å²) in [4.78, 5) is 10.7. The van der Waals surface area contributed by atoms with E-state index in [2.05, 4.69) is 6.92 Å². The standard InChI is InChI=1S/C12H22O3/c1-2-4-9-5-3-6-10(8-7-9)11(13)12(14)15/h9-11,13H,2-8H2,1H3,(H,14,15). The monoisotopic (exact) mass is 214 g/mol. The van der Waals surface area contributed by atoms with Crippen molar-refractivity contribution in [3.05, 3.63) is 0 Å². The SMILES string of the molecule is CCCC1CCCC(C(O)C(=O)O)CC1. The smallest absolute Gasteiger partial charge is 0.332 e. The predicted octanol–water partition coefficient (Wildman–Crippen LogP) is 2.43. The zero-order valence-electron chi connectivity index (χ0n) is 9.48. The third-order valence-corrected chi connectivity index (χ3v) is 3.53. The molecule has 3 unspecified atom stereocenters. The Morgan fingerprint density at radius 2 is 2.07 bits per heavy atom. The number of hydrogen-bond donors (Lipinski definition) is 2. The summed E-state index contributed by atoms with van der Waals surface area (Å²) in [5.74, 6) is -0.334. The molecule has 0 amide bonds. The fourth-order valence-electron chi connectivity index (χ4n) is 2.62. The van der Waals surface area contributed by atoms with Gasteiger partial charge in [0.25, 0.3) is 0 Å². The van der Waals surface area contributed by atoms with Crippen molar-refractivity contribution < 1.29 is 15.0 Å². The van der Waals surface area contributed by atoms with Crippen LogP contribution >= 0.6 is 0 Å². The Morgan fingerprint density at radius 1 is 1.33 bits per heavy atom. The maximum Gasteiger partial charge on any atom is 0.332 e. The molecule has 0 spiro atoms. The molecule has 0 saturated heterocycles. The van der Waals surface area contributed by atoms with Crippen molar-refractivity contribution in [1.29, 1.82) is 0 Å². The van der Waals surface area contributed by atoms with E-state index in [0.29, 0.717) is 0 Å². The highest BCUT2D eigenvalue weighted by atomic mass is 16.4. The molecule has 3 nitrogen and oxygen atoms in total. The Bertz CT molecular complexity index is 203. The van der Waals surface area contributed by atoms with Gasteiger partial charge in [0.2, 0.25) is 0 Å². The van der Waals surface area contributed by atoms with Gasteiger partial charge in [0.15, 0.2) is 6.10 Å². The molecule has 0 aromatic rings. The molecule has 1 saturated carbocycles. The van der Waals surface area contributed by atoms with E-state index >= 15 is 0 Å². The average molecular weight is 214 g/mol. The summed E-state index contributed by atoms with van der Waals surface area (Å²) in [5.41, 5.74) is 0. The van der Waals surface area contributed by atoms with Gasteiger partial charge in [0.1, 0.15) is 0 Å². The quantitative estimate of drug-likeness (QED) is 0.707. The molecule has 1 aliphatic rings. The van der Waals surface area contributed by atoms with Gasteiger partial charge in [0, 0.05) is 0 Å². The number of carboxylic acids is 1. The third-order valence-electron chi connectivity index (χ3n) is 3.53. The lowest BCUT2D eigenvalue weighted by Crippen LogP contribution is -2.28. The van der Waals surface area contributed by atoms with Crippen molar-refractivity contribution in [2.75, 3.05) is 0 Å². The Kier molecular flexibility index (Phi) is 5.09. The zero-order valence-corrected chi connectivity index (χ0v) is 9.48. The van der Waals surface area contributed by atoms with Crippen LogP contribution in [0.1, 0.15) is 51.9 Å². The normalized spacial score (nSPS) is 29.5. The molecule has 3 atom stereocenters. The minimum absolute atomic E-state index is 0.0237. The zero-order chi connectivity index (χ0) is 11.3. The molecule has 15 heavy (non-hydrogen) atoms. The van der Waals surface area contributed by atoms with Gasteiger partial charge in [-0.2, -0.15) is 0 Å². The second-order valence-corrected chi connectivity index (χ2v) is 4.71. The van der Waals surface area contributed by atoms with Crippen LogP contribution in [0.5, 0.6) is 0 Å².